The van der Waals surface area contributed by atoms with E-state index in [-0.39, 0.29) is 10.5 Å². The lowest BCUT2D eigenvalue weighted by Gasteiger charge is -2.28. The second kappa shape index (κ2) is 3.13. The molecule has 0 radical (unpaired) electrons. The monoisotopic (exact) mass is 206 g/mol. The van der Waals surface area contributed by atoms with E-state index in [2.05, 4.69) is 25.1 Å². The van der Waals surface area contributed by atoms with Crippen molar-refractivity contribution in [2.45, 2.75) is 32.1 Å². The summed E-state index contributed by atoms with van der Waals surface area (Å²) >= 11 is 1.39. The minimum atomic E-state index is -0.203. The van der Waals surface area contributed by atoms with Gasteiger partial charge in [0.2, 0.25) is 0 Å². The Kier molecular flexibility index (Phi) is 2.18. The Balaban J connectivity index is 2.46. The lowest BCUT2D eigenvalue weighted by molar-refractivity contribution is -0.118. The molecule has 1 aromatic carbocycles. The van der Waals surface area contributed by atoms with Gasteiger partial charge in [0.05, 0.1) is 0 Å². The van der Waals surface area contributed by atoms with Crippen LogP contribution in [0, 0.1) is 12.3 Å². The molecule has 14 heavy (non-hydrogen) atoms. The number of rotatable bonds is 0. The Bertz CT molecular complexity index is 393. The van der Waals surface area contributed by atoms with E-state index < -0.39 is 0 Å². The molecule has 0 bridgehead atoms. The van der Waals surface area contributed by atoms with Crippen LogP contribution in [0.5, 0.6) is 0 Å². The van der Waals surface area contributed by atoms with Crippen LogP contribution in [0.2, 0.25) is 0 Å². The first-order valence-corrected chi connectivity index (χ1v) is 5.62. The fourth-order valence-corrected chi connectivity index (χ4v) is 2.68. The smallest absolute Gasteiger partial charge is 0.199 e. The summed E-state index contributed by atoms with van der Waals surface area (Å²) in [6.07, 6.45) is 0.871. The molecule has 0 amide bonds. The SMILES string of the molecule is Cc1ccc2c(c1)CC(C)(C)C(=O)S2. The van der Waals surface area contributed by atoms with Gasteiger partial charge in [0, 0.05) is 10.3 Å². The summed E-state index contributed by atoms with van der Waals surface area (Å²) in [7, 11) is 0. The highest BCUT2D eigenvalue weighted by atomic mass is 32.2. The highest BCUT2D eigenvalue weighted by Crippen LogP contribution is 2.40. The average Bonchev–Trinajstić information content (AvgIpc) is 2.07. The molecule has 0 aromatic heterocycles. The van der Waals surface area contributed by atoms with E-state index in [0.29, 0.717) is 0 Å². The molecule has 0 unspecified atom stereocenters. The summed E-state index contributed by atoms with van der Waals surface area (Å²) in [6, 6.07) is 6.32. The van der Waals surface area contributed by atoms with Crippen molar-refractivity contribution >= 4 is 16.9 Å². The lowest BCUT2D eigenvalue weighted by Crippen LogP contribution is -2.27. The molecule has 1 aliphatic rings. The van der Waals surface area contributed by atoms with Gasteiger partial charge in [-0.15, -0.1) is 0 Å². The van der Waals surface area contributed by atoms with E-state index in [9.17, 15) is 4.79 Å². The van der Waals surface area contributed by atoms with Gasteiger partial charge in [-0.05, 0) is 25.0 Å². The molecular formula is C12H14OS. The van der Waals surface area contributed by atoms with Crippen molar-refractivity contribution in [3.63, 3.8) is 0 Å². The number of carbonyl (C=O) groups excluding carboxylic acids is 1. The highest BCUT2D eigenvalue weighted by molar-refractivity contribution is 8.13. The standard InChI is InChI=1S/C12H14OS/c1-8-4-5-10-9(6-8)7-12(2,3)11(13)14-10/h4-6H,7H2,1-3H3. The lowest BCUT2D eigenvalue weighted by atomic mass is 9.86. The molecule has 1 nitrogen and oxygen atoms in total. The van der Waals surface area contributed by atoms with Gasteiger partial charge in [-0.1, -0.05) is 43.3 Å². The van der Waals surface area contributed by atoms with Crippen LogP contribution in [0.3, 0.4) is 0 Å². The largest absolute Gasteiger partial charge is 0.286 e. The maximum absolute atomic E-state index is 11.7. The first-order valence-electron chi connectivity index (χ1n) is 4.81. The van der Waals surface area contributed by atoms with Gasteiger partial charge in [-0.3, -0.25) is 4.79 Å². The van der Waals surface area contributed by atoms with E-state index in [1.54, 1.807) is 0 Å². The summed E-state index contributed by atoms with van der Waals surface area (Å²) in [5, 5.41) is 0.286. The predicted octanol–water partition coefficient (Wildman–Crippen LogP) is 3.20. The second-order valence-corrected chi connectivity index (χ2v) is 5.58. The number of thioether (sulfide) groups is 1. The third-order valence-corrected chi connectivity index (χ3v) is 3.96. The molecule has 1 aromatic rings. The zero-order chi connectivity index (χ0) is 10.3. The zero-order valence-corrected chi connectivity index (χ0v) is 9.57. The summed E-state index contributed by atoms with van der Waals surface area (Å²) in [6.45, 7) is 6.13. The number of hydrogen-bond donors (Lipinski definition) is 0. The first kappa shape index (κ1) is 9.78. The van der Waals surface area contributed by atoms with E-state index >= 15 is 0 Å². The second-order valence-electron chi connectivity index (χ2n) is 4.56. The van der Waals surface area contributed by atoms with Crippen LogP contribution in [0.4, 0.5) is 0 Å². The molecule has 2 rings (SSSR count). The normalized spacial score (nSPS) is 19.2. The van der Waals surface area contributed by atoms with Crippen LogP contribution in [0.25, 0.3) is 0 Å². The molecule has 1 aliphatic heterocycles. The molecule has 0 atom stereocenters. The van der Waals surface area contributed by atoms with Crippen LogP contribution in [-0.4, -0.2) is 5.12 Å². The third kappa shape index (κ3) is 1.59. The van der Waals surface area contributed by atoms with Gasteiger partial charge in [0.1, 0.15) is 0 Å². The highest BCUT2D eigenvalue weighted by Gasteiger charge is 2.33. The summed E-state index contributed by atoms with van der Waals surface area (Å²) in [5.74, 6) is 0. The molecule has 2 heteroatoms. The Hall–Kier alpha value is -0.760. The van der Waals surface area contributed by atoms with Crippen molar-refractivity contribution in [2.24, 2.45) is 5.41 Å². The van der Waals surface area contributed by atoms with Crippen LogP contribution in [0.15, 0.2) is 23.1 Å². The Morgan fingerprint density at radius 2 is 2.07 bits per heavy atom. The van der Waals surface area contributed by atoms with Gasteiger partial charge in [-0.25, -0.2) is 0 Å². The van der Waals surface area contributed by atoms with Crippen molar-refractivity contribution in [1.29, 1.82) is 0 Å². The van der Waals surface area contributed by atoms with Gasteiger partial charge in [-0.2, -0.15) is 0 Å². The van der Waals surface area contributed by atoms with Gasteiger partial charge >= 0.3 is 0 Å². The minimum absolute atomic E-state index is 0.203. The maximum atomic E-state index is 11.7. The summed E-state index contributed by atoms with van der Waals surface area (Å²) < 4.78 is 0. The number of hydrogen-bond acceptors (Lipinski definition) is 2. The molecular weight excluding hydrogens is 192 g/mol. The minimum Gasteiger partial charge on any atom is -0.286 e. The van der Waals surface area contributed by atoms with Crippen molar-refractivity contribution in [3.05, 3.63) is 29.3 Å². The summed E-state index contributed by atoms with van der Waals surface area (Å²) in [4.78, 5) is 12.9. The number of fused-ring (bicyclic) bond motifs is 1. The topological polar surface area (TPSA) is 17.1 Å². The van der Waals surface area contributed by atoms with E-state index in [0.717, 1.165) is 11.3 Å². The van der Waals surface area contributed by atoms with Crippen LogP contribution < -0.4 is 0 Å². The Morgan fingerprint density at radius 1 is 1.36 bits per heavy atom. The van der Waals surface area contributed by atoms with Crippen LogP contribution in [0.1, 0.15) is 25.0 Å². The average molecular weight is 206 g/mol. The molecule has 0 spiro atoms. The quantitative estimate of drug-likeness (QED) is 0.648. The molecule has 0 fully saturated rings. The first-order chi connectivity index (χ1) is 6.49. The maximum Gasteiger partial charge on any atom is 0.199 e. The summed E-state index contributed by atoms with van der Waals surface area (Å²) in [5.41, 5.74) is 2.39. The number of benzene rings is 1. The van der Waals surface area contributed by atoms with Gasteiger partial charge in [0.25, 0.3) is 0 Å². The zero-order valence-electron chi connectivity index (χ0n) is 8.76. The van der Waals surface area contributed by atoms with Crippen molar-refractivity contribution in [1.82, 2.24) is 0 Å². The Morgan fingerprint density at radius 3 is 2.79 bits per heavy atom. The number of carbonyl (C=O) groups is 1. The van der Waals surface area contributed by atoms with E-state index in [1.165, 1.54) is 22.9 Å². The van der Waals surface area contributed by atoms with Gasteiger partial charge < -0.3 is 0 Å². The molecule has 0 saturated carbocycles. The van der Waals surface area contributed by atoms with Crippen LogP contribution >= 0.6 is 11.8 Å². The molecule has 0 aliphatic carbocycles. The molecule has 0 N–H and O–H groups in total. The van der Waals surface area contributed by atoms with Gasteiger partial charge in [0.15, 0.2) is 5.12 Å². The van der Waals surface area contributed by atoms with E-state index in [1.807, 2.05) is 13.8 Å². The Labute approximate surface area is 88.9 Å². The molecule has 0 saturated heterocycles. The van der Waals surface area contributed by atoms with Crippen molar-refractivity contribution in [2.75, 3.05) is 0 Å². The van der Waals surface area contributed by atoms with Crippen molar-refractivity contribution in [3.8, 4) is 0 Å². The third-order valence-electron chi connectivity index (χ3n) is 2.60. The number of aryl methyl sites for hydroxylation is 1. The molecule has 74 valence electrons. The molecule has 1 heterocycles. The van der Waals surface area contributed by atoms with Crippen LogP contribution in [-0.2, 0) is 11.2 Å². The van der Waals surface area contributed by atoms with Crippen molar-refractivity contribution < 1.29 is 4.79 Å². The fraction of sp³-hybridized carbons (Fsp3) is 0.417. The fourth-order valence-electron chi connectivity index (χ4n) is 1.73. The van der Waals surface area contributed by atoms with E-state index in [4.69, 9.17) is 0 Å². The predicted molar refractivity (Wildman–Crippen MR) is 59.5 cm³/mol.